The Balaban J connectivity index is 1.96. The standard InChI is InChI=1S/C15H12F2N4O/c16-10-2-1-3-11(17)12(10)14-21-13(19)15(22-14)20-9-6-4-8(18)5-7-9/h1-7,20H,18-19H2. The minimum Gasteiger partial charge on any atom is -0.418 e. The van der Waals surface area contributed by atoms with Gasteiger partial charge in [0.25, 0.3) is 0 Å². The van der Waals surface area contributed by atoms with E-state index in [4.69, 9.17) is 15.9 Å². The van der Waals surface area contributed by atoms with Crippen LogP contribution < -0.4 is 16.8 Å². The smallest absolute Gasteiger partial charge is 0.242 e. The first-order valence-electron chi connectivity index (χ1n) is 6.38. The molecule has 0 saturated heterocycles. The Morgan fingerprint density at radius 2 is 1.59 bits per heavy atom. The molecule has 0 amide bonds. The molecule has 0 spiro atoms. The monoisotopic (exact) mass is 302 g/mol. The number of hydrogen-bond acceptors (Lipinski definition) is 5. The minimum absolute atomic E-state index is 0.00511. The van der Waals surface area contributed by atoms with Crippen LogP contribution in [0, 0.1) is 11.6 Å². The lowest BCUT2D eigenvalue weighted by Gasteiger charge is -2.03. The van der Waals surface area contributed by atoms with Gasteiger partial charge in [-0.25, -0.2) is 8.78 Å². The van der Waals surface area contributed by atoms with Crippen molar-refractivity contribution in [1.29, 1.82) is 0 Å². The predicted molar refractivity (Wildman–Crippen MR) is 80.4 cm³/mol. The molecule has 5 nitrogen and oxygen atoms in total. The molecule has 0 aliphatic heterocycles. The number of nitrogen functional groups attached to an aromatic ring is 2. The van der Waals surface area contributed by atoms with E-state index in [1.807, 2.05) is 0 Å². The van der Waals surface area contributed by atoms with Gasteiger partial charge in [0.1, 0.15) is 17.2 Å². The largest absolute Gasteiger partial charge is 0.418 e. The maximum Gasteiger partial charge on any atom is 0.242 e. The lowest BCUT2D eigenvalue weighted by atomic mass is 10.2. The summed E-state index contributed by atoms with van der Waals surface area (Å²) >= 11 is 0. The average molecular weight is 302 g/mol. The summed E-state index contributed by atoms with van der Waals surface area (Å²) < 4.78 is 32.8. The van der Waals surface area contributed by atoms with Crippen molar-refractivity contribution in [2.24, 2.45) is 0 Å². The third-order valence-electron chi connectivity index (χ3n) is 3.00. The zero-order valence-electron chi connectivity index (χ0n) is 11.3. The number of benzene rings is 2. The number of hydrogen-bond donors (Lipinski definition) is 3. The maximum atomic E-state index is 13.7. The van der Waals surface area contributed by atoms with Crippen LogP contribution in [0.2, 0.25) is 0 Å². The third kappa shape index (κ3) is 2.56. The fraction of sp³-hybridized carbons (Fsp3) is 0. The Morgan fingerprint density at radius 1 is 0.955 bits per heavy atom. The van der Waals surface area contributed by atoms with Gasteiger partial charge >= 0.3 is 0 Å². The molecule has 0 radical (unpaired) electrons. The Kier molecular flexibility index (Phi) is 3.38. The lowest BCUT2D eigenvalue weighted by molar-refractivity contribution is 0.551. The number of nitrogens with two attached hydrogens (primary N) is 2. The number of nitrogens with one attached hydrogen (secondary N) is 1. The van der Waals surface area contributed by atoms with Gasteiger partial charge in [0, 0.05) is 11.4 Å². The molecule has 0 bridgehead atoms. The van der Waals surface area contributed by atoms with Crippen molar-refractivity contribution in [3.63, 3.8) is 0 Å². The highest BCUT2D eigenvalue weighted by Gasteiger charge is 2.19. The van der Waals surface area contributed by atoms with Crippen LogP contribution in [0.3, 0.4) is 0 Å². The van der Waals surface area contributed by atoms with E-state index >= 15 is 0 Å². The van der Waals surface area contributed by atoms with Gasteiger partial charge in [-0.05, 0) is 36.4 Å². The fourth-order valence-electron chi connectivity index (χ4n) is 1.93. The summed E-state index contributed by atoms with van der Waals surface area (Å²) in [6.07, 6.45) is 0. The van der Waals surface area contributed by atoms with Crippen molar-refractivity contribution in [2.75, 3.05) is 16.8 Å². The summed E-state index contributed by atoms with van der Waals surface area (Å²) in [5.74, 6) is -1.69. The van der Waals surface area contributed by atoms with E-state index in [2.05, 4.69) is 10.3 Å². The van der Waals surface area contributed by atoms with E-state index in [0.717, 1.165) is 12.1 Å². The first-order valence-corrected chi connectivity index (χ1v) is 6.38. The Bertz CT molecular complexity index is 795. The molecule has 1 heterocycles. The Hall–Kier alpha value is -3.09. The first kappa shape index (κ1) is 13.9. The maximum absolute atomic E-state index is 13.7. The zero-order chi connectivity index (χ0) is 15.7. The molecule has 0 atom stereocenters. The SMILES string of the molecule is Nc1ccc(Nc2oc(-c3c(F)cccc3F)nc2N)cc1. The van der Waals surface area contributed by atoms with Crippen molar-refractivity contribution in [1.82, 2.24) is 4.98 Å². The van der Waals surface area contributed by atoms with E-state index in [9.17, 15) is 8.78 Å². The summed E-state index contributed by atoms with van der Waals surface area (Å²) in [5, 5.41) is 2.87. The molecule has 1 aromatic heterocycles. The molecule has 112 valence electrons. The minimum atomic E-state index is -0.778. The van der Waals surface area contributed by atoms with Crippen LogP contribution in [0.1, 0.15) is 0 Å². The number of rotatable bonds is 3. The van der Waals surface area contributed by atoms with Crippen molar-refractivity contribution in [2.45, 2.75) is 0 Å². The summed E-state index contributed by atoms with van der Waals surface area (Å²) in [7, 11) is 0. The molecule has 0 fully saturated rings. The van der Waals surface area contributed by atoms with Gasteiger partial charge in [-0.1, -0.05) is 6.07 Å². The number of anilines is 4. The van der Waals surface area contributed by atoms with Crippen molar-refractivity contribution < 1.29 is 13.2 Å². The van der Waals surface area contributed by atoms with Crippen molar-refractivity contribution >= 4 is 23.1 Å². The molecule has 22 heavy (non-hydrogen) atoms. The number of aromatic nitrogens is 1. The highest BCUT2D eigenvalue weighted by molar-refractivity contribution is 5.69. The van der Waals surface area contributed by atoms with Crippen LogP contribution in [0.5, 0.6) is 0 Å². The summed E-state index contributed by atoms with van der Waals surface area (Å²) in [4.78, 5) is 3.86. The lowest BCUT2D eigenvalue weighted by Crippen LogP contribution is -1.94. The molecule has 7 heteroatoms. The van der Waals surface area contributed by atoms with Crippen molar-refractivity contribution in [3.8, 4) is 11.5 Å². The molecular formula is C15H12F2N4O. The van der Waals surface area contributed by atoms with Gasteiger partial charge in [0.15, 0.2) is 5.82 Å². The summed E-state index contributed by atoms with van der Waals surface area (Å²) in [6.45, 7) is 0. The van der Waals surface area contributed by atoms with Crippen LogP contribution >= 0.6 is 0 Å². The number of halogens is 2. The molecule has 0 aliphatic carbocycles. The van der Waals surface area contributed by atoms with Gasteiger partial charge in [-0.3, -0.25) is 0 Å². The Morgan fingerprint density at radius 3 is 2.23 bits per heavy atom. The number of nitrogens with zero attached hydrogens (tertiary/aromatic N) is 1. The van der Waals surface area contributed by atoms with Gasteiger partial charge < -0.3 is 21.2 Å². The van der Waals surface area contributed by atoms with Crippen LogP contribution in [-0.2, 0) is 0 Å². The molecule has 3 rings (SSSR count). The van der Waals surface area contributed by atoms with Gasteiger partial charge in [0.2, 0.25) is 11.8 Å². The quantitative estimate of drug-likeness (QED) is 0.644. The number of oxazole rings is 1. The topological polar surface area (TPSA) is 90.1 Å². The summed E-state index contributed by atoms with van der Waals surface area (Å²) in [5.41, 5.74) is 12.2. The second-order valence-electron chi connectivity index (χ2n) is 4.58. The highest BCUT2D eigenvalue weighted by Crippen LogP contribution is 2.32. The molecule has 3 aromatic rings. The zero-order valence-corrected chi connectivity index (χ0v) is 11.3. The molecule has 0 aliphatic rings. The van der Waals surface area contributed by atoms with E-state index in [0.29, 0.717) is 11.4 Å². The third-order valence-corrected chi connectivity index (χ3v) is 3.00. The van der Waals surface area contributed by atoms with E-state index < -0.39 is 11.6 Å². The molecule has 2 aromatic carbocycles. The normalized spacial score (nSPS) is 10.6. The van der Waals surface area contributed by atoms with E-state index in [1.165, 1.54) is 6.07 Å². The molecular weight excluding hydrogens is 290 g/mol. The van der Waals surface area contributed by atoms with Crippen LogP contribution in [0.25, 0.3) is 11.5 Å². The van der Waals surface area contributed by atoms with Crippen LogP contribution in [0.15, 0.2) is 46.9 Å². The van der Waals surface area contributed by atoms with Gasteiger partial charge in [-0.15, -0.1) is 0 Å². The van der Waals surface area contributed by atoms with E-state index in [-0.39, 0.29) is 23.2 Å². The molecule has 5 N–H and O–H groups in total. The average Bonchev–Trinajstić information content (AvgIpc) is 2.82. The molecule has 0 unspecified atom stereocenters. The first-order chi connectivity index (χ1) is 10.5. The Labute approximate surface area is 124 Å². The molecule has 0 saturated carbocycles. The second kappa shape index (κ2) is 5.36. The van der Waals surface area contributed by atoms with Gasteiger partial charge in [0.05, 0.1) is 0 Å². The van der Waals surface area contributed by atoms with Crippen molar-refractivity contribution in [3.05, 3.63) is 54.1 Å². The summed E-state index contributed by atoms with van der Waals surface area (Å²) in [6, 6.07) is 10.3. The van der Waals surface area contributed by atoms with Crippen LogP contribution in [0.4, 0.5) is 31.9 Å². The highest BCUT2D eigenvalue weighted by atomic mass is 19.1. The van der Waals surface area contributed by atoms with E-state index in [1.54, 1.807) is 24.3 Å². The second-order valence-corrected chi connectivity index (χ2v) is 4.58. The van der Waals surface area contributed by atoms with Crippen LogP contribution in [-0.4, -0.2) is 4.98 Å². The van der Waals surface area contributed by atoms with Gasteiger partial charge in [-0.2, -0.15) is 4.98 Å². The fourth-order valence-corrected chi connectivity index (χ4v) is 1.93. The predicted octanol–water partition coefficient (Wildman–Crippen LogP) is 3.53.